The maximum atomic E-state index is 13.1. The zero-order chi connectivity index (χ0) is 21.8. The molecule has 2 aliphatic rings. The van der Waals surface area contributed by atoms with E-state index in [1.807, 2.05) is 30.9 Å². The van der Waals surface area contributed by atoms with Crippen LogP contribution in [0.15, 0.2) is 39.2 Å². The van der Waals surface area contributed by atoms with Crippen LogP contribution in [0.2, 0.25) is 0 Å². The van der Waals surface area contributed by atoms with Crippen LogP contribution in [-0.2, 0) is 12.0 Å². The molecule has 5 rings (SSSR count). The summed E-state index contributed by atoms with van der Waals surface area (Å²) in [6, 6.07) is 9.73. The molecule has 0 atom stereocenters. The first-order chi connectivity index (χ1) is 14.9. The number of piperidine rings is 1. The number of nitrogens with zero attached hydrogens (tertiary/aromatic N) is 3. The molecular formula is C23H25BrN4O3. The summed E-state index contributed by atoms with van der Waals surface area (Å²) in [6.45, 7) is 6.38. The van der Waals surface area contributed by atoms with E-state index in [0.29, 0.717) is 37.9 Å². The number of rotatable bonds is 3. The molecule has 162 valence electrons. The van der Waals surface area contributed by atoms with Gasteiger partial charge in [0, 0.05) is 36.7 Å². The maximum Gasteiger partial charge on any atom is 0.289 e. The van der Waals surface area contributed by atoms with Crippen molar-refractivity contribution in [2.45, 2.75) is 38.6 Å². The summed E-state index contributed by atoms with van der Waals surface area (Å²) in [7, 11) is 0. The second kappa shape index (κ2) is 7.53. The largest absolute Gasteiger partial charge is 0.492 e. The van der Waals surface area contributed by atoms with E-state index < -0.39 is 0 Å². The number of halogens is 1. The van der Waals surface area contributed by atoms with Crippen molar-refractivity contribution in [1.82, 2.24) is 14.7 Å². The molecule has 0 unspecified atom stereocenters. The summed E-state index contributed by atoms with van der Waals surface area (Å²) in [5.74, 6) is 1.74. The lowest BCUT2D eigenvalue weighted by Gasteiger charge is -2.38. The van der Waals surface area contributed by atoms with Crippen molar-refractivity contribution in [2.75, 3.05) is 19.7 Å². The number of aryl methyl sites for hydroxylation is 1. The van der Waals surface area contributed by atoms with Crippen LogP contribution in [0.1, 0.15) is 45.9 Å². The molecule has 2 aliphatic heterocycles. The van der Waals surface area contributed by atoms with E-state index in [4.69, 9.17) is 14.9 Å². The van der Waals surface area contributed by atoms with Gasteiger partial charge in [0.15, 0.2) is 5.76 Å². The number of likely N-dealkylation sites (tertiary alicyclic amines) is 1. The summed E-state index contributed by atoms with van der Waals surface area (Å²) in [5.41, 5.74) is 9.95. The van der Waals surface area contributed by atoms with Gasteiger partial charge in [0.1, 0.15) is 5.75 Å². The van der Waals surface area contributed by atoms with Gasteiger partial charge in [-0.25, -0.2) is 4.68 Å². The Balaban J connectivity index is 1.32. The second-order valence-electron chi connectivity index (χ2n) is 8.43. The molecular weight excluding hydrogens is 460 g/mol. The Bertz CT molecular complexity index is 1160. The first kappa shape index (κ1) is 20.3. The molecule has 4 heterocycles. The van der Waals surface area contributed by atoms with Crippen LogP contribution in [-0.4, -0.2) is 40.3 Å². The number of furan rings is 1. The number of hydrogen-bond acceptors (Lipinski definition) is 5. The number of carbonyl (C=O) groups excluding carboxylic acids is 1. The Morgan fingerprint density at radius 1 is 1.23 bits per heavy atom. The molecule has 0 aliphatic carbocycles. The van der Waals surface area contributed by atoms with Crippen molar-refractivity contribution in [3.05, 3.63) is 63.1 Å². The Morgan fingerprint density at radius 2 is 2.00 bits per heavy atom. The molecule has 1 aromatic carbocycles. The minimum absolute atomic E-state index is 0.0401. The van der Waals surface area contributed by atoms with Gasteiger partial charge in [-0.2, -0.15) is 5.10 Å². The molecule has 1 fully saturated rings. The van der Waals surface area contributed by atoms with E-state index in [1.54, 1.807) is 16.8 Å². The monoisotopic (exact) mass is 484 g/mol. The smallest absolute Gasteiger partial charge is 0.289 e. The first-order valence-electron chi connectivity index (χ1n) is 10.5. The lowest BCUT2D eigenvalue weighted by molar-refractivity contribution is 0.0615. The normalized spacial score (nSPS) is 17.1. The van der Waals surface area contributed by atoms with Crippen molar-refractivity contribution >= 4 is 21.8 Å². The zero-order valence-corrected chi connectivity index (χ0v) is 19.2. The van der Waals surface area contributed by atoms with Gasteiger partial charge in [-0.05, 0) is 60.3 Å². The molecule has 2 N–H and O–H groups in total. The molecule has 1 spiro atoms. The van der Waals surface area contributed by atoms with E-state index in [0.717, 1.165) is 40.0 Å². The number of hydrogen-bond donors (Lipinski definition) is 1. The van der Waals surface area contributed by atoms with Gasteiger partial charge in [-0.3, -0.25) is 4.79 Å². The predicted molar refractivity (Wildman–Crippen MR) is 120 cm³/mol. The van der Waals surface area contributed by atoms with Crippen molar-refractivity contribution < 1.29 is 13.9 Å². The lowest BCUT2D eigenvalue weighted by atomic mass is 9.74. The second-order valence-corrected chi connectivity index (χ2v) is 9.22. The number of amides is 1. The number of carbonyl (C=O) groups is 1. The average molecular weight is 485 g/mol. The Labute approximate surface area is 189 Å². The molecule has 0 saturated carbocycles. The van der Waals surface area contributed by atoms with E-state index in [2.05, 4.69) is 27.1 Å². The van der Waals surface area contributed by atoms with Gasteiger partial charge in [-0.15, -0.1) is 0 Å². The van der Waals surface area contributed by atoms with Crippen molar-refractivity contribution in [2.24, 2.45) is 5.73 Å². The fraction of sp³-hybridized carbons (Fsp3) is 0.391. The molecule has 31 heavy (non-hydrogen) atoms. The summed E-state index contributed by atoms with van der Waals surface area (Å²) in [5, 5.41) is 4.48. The van der Waals surface area contributed by atoms with Gasteiger partial charge in [0.05, 0.1) is 22.5 Å². The van der Waals surface area contributed by atoms with Gasteiger partial charge < -0.3 is 19.8 Å². The molecule has 1 saturated heterocycles. The van der Waals surface area contributed by atoms with E-state index in [-0.39, 0.29) is 11.3 Å². The Morgan fingerprint density at radius 3 is 2.68 bits per heavy atom. The molecule has 3 aromatic rings. The zero-order valence-electron chi connectivity index (χ0n) is 17.7. The Hall–Kier alpha value is -2.58. The summed E-state index contributed by atoms with van der Waals surface area (Å²) >= 11 is 3.53. The molecule has 8 heteroatoms. The SMILES string of the molecule is Cc1nn(-c2ccc(C(=O)N3CCC4(CC3)COc3ccc(CN)cc34)o2)c(C)c1Br. The van der Waals surface area contributed by atoms with Gasteiger partial charge in [0.2, 0.25) is 5.88 Å². The standard InChI is InChI=1S/C23H25BrN4O3/c1-14-21(24)15(2)28(26-14)20-6-5-19(31-20)22(29)27-9-7-23(8-10-27)13-30-18-4-3-16(12-25)11-17(18)23/h3-6,11H,7-10,12-13,25H2,1-2H3. The molecule has 1 amide bonds. The molecule has 0 bridgehead atoms. The van der Waals surface area contributed by atoms with E-state index in [1.165, 1.54) is 5.56 Å². The summed E-state index contributed by atoms with van der Waals surface area (Å²) in [4.78, 5) is 15.0. The van der Waals surface area contributed by atoms with E-state index in [9.17, 15) is 4.79 Å². The average Bonchev–Trinajstić information content (AvgIpc) is 3.48. The third-order valence-electron chi connectivity index (χ3n) is 6.58. The third-order valence-corrected chi connectivity index (χ3v) is 7.72. The first-order valence-corrected chi connectivity index (χ1v) is 11.3. The topological polar surface area (TPSA) is 86.5 Å². The fourth-order valence-electron chi connectivity index (χ4n) is 4.64. The third kappa shape index (κ3) is 3.29. The highest BCUT2D eigenvalue weighted by Gasteiger charge is 2.44. The number of ether oxygens (including phenoxy) is 1. The molecule has 7 nitrogen and oxygen atoms in total. The van der Waals surface area contributed by atoms with Gasteiger partial charge >= 0.3 is 0 Å². The number of benzene rings is 1. The van der Waals surface area contributed by atoms with Crippen LogP contribution < -0.4 is 10.5 Å². The van der Waals surface area contributed by atoms with Crippen molar-refractivity contribution in [3.63, 3.8) is 0 Å². The number of fused-ring (bicyclic) bond motifs is 2. The van der Waals surface area contributed by atoms with Crippen LogP contribution in [0.5, 0.6) is 5.75 Å². The highest BCUT2D eigenvalue weighted by molar-refractivity contribution is 9.10. The minimum Gasteiger partial charge on any atom is -0.492 e. The summed E-state index contributed by atoms with van der Waals surface area (Å²) < 4.78 is 14.5. The van der Waals surface area contributed by atoms with Gasteiger partial charge in [0.25, 0.3) is 5.91 Å². The van der Waals surface area contributed by atoms with Gasteiger partial charge in [-0.1, -0.05) is 12.1 Å². The lowest BCUT2D eigenvalue weighted by Crippen LogP contribution is -2.46. The predicted octanol–water partition coefficient (Wildman–Crippen LogP) is 3.87. The maximum absolute atomic E-state index is 13.1. The van der Waals surface area contributed by atoms with Crippen LogP contribution in [0.4, 0.5) is 0 Å². The minimum atomic E-state index is -0.0865. The molecule has 2 aromatic heterocycles. The highest BCUT2D eigenvalue weighted by Crippen LogP contribution is 2.46. The van der Waals surface area contributed by atoms with Crippen LogP contribution >= 0.6 is 15.9 Å². The van der Waals surface area contributed by atoms with Crippen LogP contribution in [0, 0.1) is 13.8 Å². The fourth-order valence-corrected chi connectivity index (χ4v) is 4.89. The van der Waals surface area contributed by atoms with Crippen LogP contribution in [0.25, 0.3) is 5.88 Å². The quantitative estimate of drug-likeness (QED) is 0.609. The Kier molecular flexibility index (Phi) is 4.94. The number of nitrogens with two attached hydrogens (primary N) is 1. The van der Waals surface area contributed by atoms with Crippen molar-refractivity contribution in [1.29, 1.82) is 0 Å². The molecule has 0 radical (unpaired) electrons. The highest BCUT2D eigenvalue weighted by atomic mass is 79.9. The van der Waals surface area contributed by atoms with E-state index >= 15 is 0 Å². The summed E-state index contributed by atoms with van der Waals surface area (Å²) in [6.07, 6.45) is 1.72. The van der Waals surface area contributed by atoms with Crippen molar-refractivity contribution in [3.8, 4) is 11.6 Å². The van der Waals surface area contributed by atoms with Crippen LogP contribution in [0.3, 0.4) is 0 Å². The number of aromatic nitrogens is 2.